The van der Waals surface area contributed by atoms with E-state index in [-0.39, 0.29) is 17.0 Å². The monoisotopic (exact) mass is 336 g/mol. The van der Waals surface area contributed by atoms with E-state index in [1.165, 1.54) is 0 Å². The predicted molar refractivity (Wildman–Crippen MR) is 102 cm³/mol. The second-order valence-electron chi connectivity index (χ2n) is 7.57. The zero-order valence-corrected chi connectivity index (χ0v) is 15.2. The Labute approximate surface area is 147 Å². The van der Waals surface area contributed by atoms with Crippen LogP contribution >= 0.6 is 0 Å². The molecule has 5 heteroatoms. The van der Waals surface area contributed by atoms with Gasteiger partial charge in [0.1, 0.15) is 5.65 Å². The number of fused-ring (bicyclic) bond motifs is 1. The fourth-order valence-electron chi connectivity index (χ4n) is 2.79. The molecule has 2 heterocycles. The molecule has 0 spiro atoms. The third kappa shape index (κ3) is 4.05. The minimum absolute atomic E-state index is 0.0199. The van der Waals surface area contributed by atoms with Gasteiger partial charge >= 0.3 is 0 Å². The Morgan fingerprint density at radius 1 is 1.12 bits per heavy atom. The van der Waals surface area contributed by atoms with Crippen LogP contribution in [-0.4, -0.2) is 14.5 Å². The Kier molecular flexibility index (Phi) is 4.57. The highest BCUT2D eigenvalue weighted by molar-refractivity contribution is 5.75. The maximum atomic E-state index is 12.3. The number of hydrogen-bond acceptors (Lipinski definition) is 4. The van der Waals surface area contributed by atoms with Crippen molar-refractivity contribution >= 4 is 17.0 Å². The van der Waals surface area contributed by atoms with Crippen LogP contribution in [0.25, 0.3) is 11.0 Å². The number of pyridine rings is 1. The second-order valence-corrected chi connectivity index (χ2v) is 7.57. The summed E-state index contributed by atoms with van der Waals surface area (Å²) in [5, 5.41) is 4.18. The quantitative estimate of drug-likeness (QED) is 0.782. The molecule has 0 bridgehead atoms. The van der Waals surface area contributed by atoms with Crippen LogP contribution in [0.5, 0.6) is 0 Å². The standard InChI is InChI=1S/C20H24N4O/c1-14(15-8-6-5-7-9-15)22-19-21-12-16-10-11-17(25)24(18(16)23-19)13-20(2,3)4/h5-12,14H,13H2,1-4H3,(H,21,22,23). The molecule has 1 atom stereocenters. The van der Waals surface area contributed by atoms with E-state index >= 15 is 0 Å². The minimum Gasteiger partial charge on any atom is -0.348 e. The summed E-state index contributed by atoms with van der Waals surface area (Å²) in [4.78, 5) is 21.4. The van der Waals surface area contributed by atoms with Gasteiger partial charge in [0.15, 0.2) is 0 Å². The van der Waals surface area contributed by atoms with Crippen molar-refractivity contribution in [2.75, 3.05) is 5.32 Å². The Morgan fingerprint density at radius 2 is 1.84 bits per heavy atom. The highest BCUT2D eigenvalue weighted by atomic mass is 16.1. The molecule has 0 aliphatic rings. The van der Waals surface area contributed by atoms with E-state index in [0.717, 1.165) is 10.9 Å². The Balaban J connectivity index is 1.98. The van der Waals surface area contributed by atoms with Crippen LogP contribution in [0.15, 0.2) is 53.5 Å². The number of hydrogen-bond donors (Lipinski definition) is 1. The molecule has 0 aliphatic heterocycles. The van der Waals surface area contributed by atoms with E-state index in [1.807, 2.05) is 18.2 Å². The predicted octanol–water partition coefficient (Wildman–Crippen LogP) is 4.01. The third-order valence-corrected chi connectivity index (χ3v) is 4.00. The maximum Gasteiger partial charge on any atom is 0.252 e. The van der Waals surface area contributed by atoms with Gasteiger partial charge in [0.05, 0.1) is 6.04 Å². The molecule has 0 radical (unpaired) electrons. The van der Waals surface area contributed by atoms with Crippen molar-refractivity contribution in [3.8, 4) is 0 Å². The van der Waals surface area contributed by atoms with Crippen LogP contribution < -0.4 is 10.9 Å². The van der Waals surface area contributed by atoms with Gasteiger partial charge in [-0.25, -0.2) is 4.98 Å². The molecular weight excluding hydrogens is 312 g/mol. The largest absolute Gasteiger partial charge is 0.348 e. The van der Waals surface area contributed by atoms with Gasteiger partial charge in [-0.05, 0) is 24.0 Å². The lowest BCUT2D eigenvalue weighted by Gasteiger charge is -2.21. The van der Waals surface area contributed by atoms with Crippen molar-refractivity contribution in [2.45, 2.75) is 40.3 Å². The Hall–Kier alpha value is -2.69. The first-order valence-corrected chi connectivity index (χ1v) is 8.51. The molecular formula is C20H24N4O. The van der Waals surface area contributed by atoms with Crippen LogP contribution in [0.2, 0.25) is 0 Å². The van der Waals surface area contributed by atoms with Crippen LogP contribution in [0.4, 0.5) is 5.95 Å². The minimum atomic E-state index is -0.0387. The molecule has 1 unspecified atom stereocenters. The van der Waals surface area contributed by atoms with Crippen LogP contribution in [0.3, 0.4) is 0 Å². The average molecular weight is 336 g/mol. The summed E-state index contributed by atoms with van der Waals surface area (Å²) < 4.78 is 1.73. The van der Waals surface area contributed by atoms with Crippen molar-refractivity contribution in [1.82, 2.24) is 14.5 Å². The average Bonchev–Trinajstić information content (AvgIpc) is 2.57. The van der Waals surface area contributed by atoms with E-state index in [9.17, 15) is 4.79 Å². The number of nitrogens with zero attached hydrogens (tertiary/aromatic N) is 3. The summed E-state index contributed by atoms with van der Waals surface area (Å²) in [6, 6.07) is 13.6. The number of benzene rings is 1. The van der Waals surface area contributed by atoms with E-state index in [4.69, 9.17) is 0 Å². The van der Waals surface area contributed by atoms with Gasteiger partial charge in [0.25, 0.3) is 5.56 Å². The molecule has 0 saturated heterocycles. The molecule has 130 valence electrons. The van der Waals surface area contributed by atoms with Gasteiger partial charge in [-0.15, -0.1) is 0 Å². The van der Waals surface area contributed by atoms with Crippen molar-refractivity contribution in [1.29, 1.82) is 0 Å². The lowest BCUT2D eigenvalue weighted by atomic mass is 9.97. The number of nitrogens with one attached hydrogen (secondary N) is 1. The molecule has 0 saturated carbocycles. The smallest absolute Gasteiger partial charge is 0.252 e. The van der Waals surface area contributed by atoms with E-state index < -0.39 is 0 Å². The zero-order chi connectivity index (χ0) is 18.0. The maximum absolute atomic E-state index is 12.3. The fourth-order valence-corrected chi connectivity index (χ4v) is 2.79. The second kappa shape index (κ2) is 6.67. The molecule has 0 fully saturated rings. The van der Waals surface area contributed by atoms with Gasteiger partial charge in [0, 0.05) is 24.2 Å². The third-order valence-electron chi connectivity index (χ3n) is 4.00. The Morgan fingerprint density at radius 3 is 2.52 bits per heavy atom. The normalized spacial score (nSPS) is 13.0. The van der Waals surface area contributed by atoms with Gasteiger partial charge in [0.2, 0.25) is 5.95 Å². The molecule has 3 aromatic rings. The highest BCUT2D eigenvalue weighted by Gasteiger charge is 2.16. The number of rotatable bonds is 4. The van der Waals surface area contributed by atoms with Gasteiger partial charge in [-0.1, -0.05) is 51.1 Å². The summed E-state index contributed by atoms with van der Waals surface area (Å²) in [5.74, 6) is 0.525. The molecule has 0 aliphatic carbocycles. The van der Waals surface area contributed by atoms with Crippen LogP contribution in [0.1, 0.15) is 39.3 Å². The molecule has 25 heavy (non-hydrogen) atoms. The summed E-state index contributed by atoms with van der Waals surface area (Å²) in [7, 11) is 0. The fraction of sp³-hybridized carbons (Fsp3) is 0.350. The highest BCUT2D eigenvalue weighted by Crippen LogP contribution is 2.20. The van der Waals surface area contributed by atoms with Crippen molar-refractivity contribution in [2.24, 2.45) is 5.41 Å². The first kappa shape index (κ1) is 17.1. The van der Waals surface area contributed by atoms with E-state index in [1.54, 1.807) is 22.9 Å². The summed E-state index contributed by atoms with van der Waals surface area (Å²) in [6.07, 6.45) is 1.76. The lowest BCUT2D eigenvalue weighted by molar-refractivity contribution is 0.343. The Bertz CT molecular complexity index is 926. The molecule has 1 N–H and O–H groups in total. The summed E-state index contributed by atoms with van der Waals surface area (Å²) >= 11 is 0. The summed E-state index contributed by atoms with van der Waals surface area (Å²) in [5.41, 5.74) is 1.77. The first-order chi connectivity index (χ1) is 11.8. The van der Waals surface area contributed by atoms with Crippen molar-refractivity contribution in [3.63, 3.8) is 0 Å². The number of aromatic nitrogens is 3. The van der Waals surface area contributed by atoms with Gasteiger partial charge in [-0.2, -0.15) is 4.98 Å². The zero-order valence-electron chi connectivity index (χ0n) is 15.2. The SMILES string of the molecule is CC(Nc1ncc2ccc(=O)n(CC(C)(C)C)c2n1)c1ccccc1. The molecule has 1 aromatic carbocycles. The topological polar surface area (TPSA) is 59.8 Å². The number of anilines is 1. The molecule has 5 nitrogen and oxygen atoms in total. The van der Waals surface area contributed by atoms with Crippen LogP contribution in [0, 0.1) is 5.41 Å². The van der Waals surface area contributed by atoms with Crippen LogP contribution in [-0.2, 0) is 6.54 Å². The van der Waals surface area contributed by atoms with Gasteiger partial charge in [-0.3, -0.25) is 9.36 Å². The van der Waals surface area contributed by atoms with Crippen molar-refractivity contribution in [3.05, 3.63) is 64.6 Å². The summed E-state index contributed by atoms with van der Waals surface area (Å²) in [6.45, 7) is 8.99. The first-order valence-electron chi connectivity index (χ1n) is 8.51. The van der Waals surface area contributed by atoms with Gasteiger partial charge < -0.3 is 5.32 Å². The van der Waals surface area contributed by atoms with Crippen molar-refractivity contribution < 1.29 is 0 Å². The molecule has 3 rings (SSSR count). The van der Waals surface area contributed by atoms with E-state index in [0.29, 0.717) is 18.1 Å². The lowest BCUT2D eigenvalue weighted by Crippen LogP contribution is -2.27. The molecule has 0 amide bonds. The molecule has 2 aromatic heterocycles. The van der Waals surface area contributed by atoms with E-state index in [2.05, 4.69) is 55.1 Å².